The second kappa shape index (κ2) is 8.54. The van der Waals surface area contributed by atoms with Crippen molar-refractivity contribution in [2.24, 2.45) is 13.0 Å². The molecule has 9 heteroatoms. The third kappa shape index (κ3) is 3.78. The molecule has 1 fully saturated rings. The van der Waals surface area contributed by atoms with Gasteiger partial charge in [0.05, 0.1) is 37.4 Å². The van der Waals surface area contributed by atoms with E-state index in [2.05, 4.69) is 38.9 Å². The molecule has 0 saturated carbocycles. The highest BCUT2D eigenvalue weighted by Crippen LogP contribution is 2.41. The molecule has 0 bridgehead atoms. The van der Waals surface area contributed by atoms with E-state index in [0.717, 1.165) is 53.2 Å². The van der Waals surface area contributed by atoms with Crippen molar-refractivity contribution in [2.75, 3.05) is 31.2 Å². The molecule has 3 aromatic rings. The molecule has 1 saturated heterocycles. The lowest BCUT2D eigenvalue weighted by atomic mass is 9.91. The summed E-state index contributed by atoms with van der Waals surface area (Å²) in [6.07, 6.45) is 6.29. The van der Waals surface area contributed by atoms with Crippen molar-refractivity contribution in [3.05, 3.63) is 47.4 Å². The molecule has 1 aromatic carbocycles. The molecular formula is C26H29N7O2. The lowest BCUT2D eigenvalue weighted by molar-refractivity contribution is -0.129. The van der Waals surface area contributed by atoms with E-state index in [9.17, 15) is 10.1 Å². The van der Waals surface area contributed by atoms with E-state index in [0.29, 0.717) is 32.7 Å². The minimum atomic E-state index is -0.144. The van der Waals surface area contributed by atoms with E-state index < -0.39 is 0 Å². The van der Waals surface area contributed by atoms with Gasteiger partial charge in [-0.3, -0.25) is 14.2 Å². The summed E-state index contributed by atoms with van der Waals surface area (Å²) in [5, 5.41) is 19.4. The van der Waals surface area contributed by atoms with E-state index in [1.165, 1.54) is 5.69 Å². The molecule has 35 heavy (non-hydrogen) atoms. The van der Waals surface area contributed by atoms with Gasteiger partial charge in [0, 0.05) is 68.8 Å². The lowest BCUT2D eigenvalue weighted by Crippen LogP contribution is -2.36. The lowest BCUT2D eigenvalue weighted by Gasteiger charge is -2.34. The van der Waals surface area contributed by atoms with Gasteiger partial charge in [0.1, 0.15) is 0 Å². The third-order valence-corrected chi connectivity index (χ3v) is 7.48. The Morgan fingerprint density at radius 1 is 1.29 bits per heavy atom. The van der Waals surface area contributed by atoms with Gasteiger partial charge in [0.25, 0.3) is 0 Å². The molecule has 0 N–H and O–H groups in total. The van der Waals surface area contributed by atoms with E-state index in [1.54, 1.807) is 11.6 Å². The number of amides is 1. The quantitative estimate of drug-likeness (QED) is 0.583. The first kappa shape index (κ1) is 21.9. The Balaban J connectivity index is 1.46. The van der Waals surface area contributed by atoms with Crippen LogP contribution in [0.3, 0.4) is 0 Å². The number of nitriles is 1. The normalized spacial score (nSPS) is 21.5. The van der Waals surface area contributed by atoms with Crippen molar-refractivity contribution in [3.8, 4) is 17.2 Å². The van der Waals surface area contributed by atoms with Crippen LogP contribution in [0.2, 0.25) is 0 Å². The van der Waals surface area contributed by atoms with E-state index in [1.807, 2.05) is 24.3 Å². The van der Waals surface area contributed by atoms with Crippen LogP contribution in [-0.4, -0.2) is 56.7 Å². The van der Waals surface area contributed by atoms with Crippen LogP contribution >= 0.6 is 0 Å². The minimum absolute atomic E-state index is 0.0774. The van der Waals surface area contributed by atoms with Gasteiger partial charge < -0.3 is 14.5 Å². The van der Waals surface area contributed by atoms with Crippen LogP contribution in [0.4, 0.5) is 11.5 Å². The van der Waals surface area contributed by atoms with Crippen molar-refractivity contribution in [1.29, 1.82) is 5.26 Å². The summed E-state index contributed by atoms with van der Waals surface area (Å²) >= 11 is 0. The fraction of sp³-hybridized carbons (Fsp3) is 0.462. The zero-order chi connectivity index (χ0) is 24.1. The van der Waals surface area contributed by atoms with Crippen molar-refractivity contribution < 1.29 is 9.53 Å². The number of carbonyl (C=O) groups is 1. The number of anilines is 2. The molecule has 1 amide bonds. The van der Waals surface area contributed by atoms with Crippen molar-refractivity contribution in [2.45, 2.75) is 38.8 Å². The van der Waals surface area contributed by atoms with Gasteiger partial charge in [-0.15, -0.1) is 0 Å². The van der Waals surface area contributed by atoms with Gasteiger partial charge in [-0.05, 0) is 36.1 Å². The van der Waals surface area contributed by atoms with Crippen molar-refractivity contribution in [1.82, 2.24) is 24.5 Å². The summed E-state index contributed by atoms with van der Waals surface area (Å²) in [7, 11) is 1.91. The number of benzene rings is 1. The van der Waals surface area contributed by atoms with Gasteiger partial charge in [-0.2, -0.15) is 15.5 Å². The number of hydrogen-bond donors (Lipinski definition) is 0. The number of nitrogens with zero attached hydrogens (tertiary/aromatic N) is 7. The maximum Gasteiger partial charge on any atom is 0.219 e. The Kier molecular flexibility index (Phi) is 5.33. The third-order valence-electron chi connectivity index (χ3n) is 7.48. The predicted molar refractivity (Wildman–Crippen MR) is 130 cm³/mol. The van der Waals surface area contributed by atoms with Gasteiger partial charge in [0.15, 0.2) is 5.82 Å². The molecule has 2 atom stereocenters. The van der Waals surface area contributed by atoms with Gasteiger partial charge in [-0.25, -0.2) is 0 Å². The SMILES string of the molecule is CC(=O)N1CCc2c(c(N3CC(C#N)Cc4cc(-c5cnn(C)c5)ccc43)nn2C2CCOC2)C1. The summed E-state index contributed by atoms with van der Waals surface area (Å²) in [5.74, 6) is 0.802. The Bertz CT molecular complexity index is 1330. The molecule has 6 rings (SSSR count). The standard InChI is InChI=1S/C26H29N7O2/c1-17(34)31-7-5-25-23(15-31)26(29-33(25)22-6-8-35-16-22)32-13-18(11-27)9-20-10-19(3-4-24(20)32)21-12-28-30(2)14-21/h3-4,10,12,14,18,22H,5-9,13,15-16H2,1-2H3. The largest absolute Gasteiger partial charge is 0.379 e. The molecule has 0 spiro atoms. The van der Waals surface area contributed by atoms with E-state index >= 15 is 0 Å². The second-order valence-corrected chi connectivity index (χ2v) is 9.79. The highest BCUT2D eigenvalue weighted by Gasteiger charge is 2.35. The minimum Gasteiger partial charge on any atom is -0.379 e. The Hall–Kier alpha value is -3.64. The summed E-state index contributed by atoms with van der Waals surface area (Å²) < 4.78 is 9.62. The number of ether oxygens (including phenoxy) is 1. The summed E-state index contributed by atoms with van der Waals surface area (Å²) in [6.45, 7) is 4.86. The highest BCUT2D eigenvalue weighted by atomic mass is 16.5. The fourth-order valence-corrected chi connectivity index (χ4v) is 5.63. The maximum absolute atomic E-state index is 12.2. The number of hydrogen-bond acceptors (Lipinski definition) is 6. The number of carbonyl (C=O) groups excluding carboxylic acids is 1. The number of aryl methyl sites for hydroxylation is 1. The van der Waals surface area contributed by atoms with Crippen LogP contribution < -0.4 is 4.90 Å². The van der Waals surface area contributed by atoms with Crippen LogP contribution in [0, 0.1) is 17.2 Å². The first-order chi connectivity index (χ1) is 17.0. The van der Waals surface area contributed by atoms with Gasteiger partial charge in [-0.1, -0.05) is 6.07 Å². The van der Waals surface area contributed by atoms with E-state index in [4.69, 9.17) is 9.84 Å². The van der Waals surface area contributed by atoms with Crippen LogP contribution in [0.25, 0.3) is 11.1 Å². The van der Waals surface area contributed by atoms with Crippen LogP contribution in [0.5, 0.6) is 0 Å². The van der Waals surface area contributed by atoms with Crippen LogP contribution in [-0.2, 0) is 36.0 Å². The number of aromatic nitrogens is 4. The Morgan fingerprint density at radius 3 is 2.89 bits per heavy atom. The molecule has 0 radical (unpaired) electrons. The zero-order valence-corrected chi connectivity index (χ0v) is 20.1. The number of fused-ring (bicyclic) bond motifs is 2. The summed E-state index contributed by atoms with van der Waals surface area (Å²) in [6, 6.07) is 9.15. The maximum atomic E-state index is 12.2. The molecule has 9 nitrogen and oxygen atoms in total. The summed E-state index contributed by atoms with van der Waals surface area (Å²) in [4.78, 5) is 16.3. The first-order valence-electron chi connectivity index (χ1n) is 12.2. The molecule has 180 valence electrons. The second-order valence-electron chi connectivity index (χ2n) is 9.79. The van der Waals surface area contributed by atoms with Gasteiger partial charge in [0.2, 0.25) is 5.91 Å². The molecule has 0 aliphatic carbocycles. The molecule has 2 aromatic heterocycles. The molecule has 2 unspecified atom stereocenters. The summed E-state index contributed by atoms with van der Waals surface area (Å²) in [5.41, 5.74) is 6.66. The molecular weight excluding hydrogens is 442 g/mol. The predicted octanol–water partition coefficient (Wildman–Crippen LogP) is 2.98. The number of rotatable bonds is 3. The molecule has 5 heterocycles. The smallest absolute Gasteiger partial charge is 0.219 e. The van der Waals surface area contributed by atoms with Crippen LogP contribution in [0.15, 0.2) is 30.6 Å². The highest BCUT2D eigenvalue weighted by molar-refractivity contribution is 5.76. The Labute approximate surface area is 204 Å². The average Bonchev–Trinajstić information content (AvgIpc) is 3.62. The average molecular weight is 472 g/mol. The fourth-order valence-electron chi connectivity index (χ4n) is 5.63. The first-order valence-corrected chi connectivity index (χ1v) is 12.2. The van der Waals surface area contributed by atoms with Gasteiger partial charge >= 0.3 is 0 Å². The van der Waals surface area contributed by atoms with Crippen molar-refractivity contribution >= 4 is 17.4 Å². The van der Waals surface area contributed by atoms with Crippen molar-refractivity contribution in [3.63, 3.8) is 0 Å². The molecule has 3 aliphatic rings. The topological polar surface area (TPSA) is 92.2 Å². The van der Waals surface area contributed by atoms with Crippen LogP contribution in [0.1, 0.15) is 36.2 Å². The monoisotopic (exact) mass is 471 g/mol. The molecule has 3 aliphatic heterocycles. The Morgan fingerprint density at radius 2 is 2.17 bits per heavy atom. The van der Waals surface area contributed by atoms with E-state index in [-0.39, 0.29) is 17.9 Å². The zero-order valence-electron chi connectivity index (χ0n) is 20.1.